The molecule has 2 aliphatic rings. The van der Waals surface area contributed by atoms with E-state index in [0.29, 0.717) is 12.0 Å². The van der Waals surface area contributed by atoms with Crippen molar-refractivity contribution < 1.29 is 9.59 Å². The van der Waals surface area contributed by atoms with Gasteiger partial charge in [-0.1, -0.05) is 36.8 Å². The molecular weight excluding hydrogens is 314 g/mol. The van der Waals surface area contributed by atoms with Crippen molar-refractivity contribution >= 4 is 11.8 Å². The maximum absolute atomic E-state index is 12.9. The van der Waals surface area contributed by atoms with Crippen LogP contribution < -0.4 is 5.32 Å². The van der Waals surface area contributed by atoms with Gasteiger partial charge >= 0.3 is 0 Å². The van der Waals surface area contributed by atoms with Gasteiger partial charge in [0.2, 0.25) is 11.8 Å². The SMILES string of the molecule is CC(=O)NCC(=O)N1CCCC[C@@H]2[C@H]1[C@@H](c1ccccc1)CCN2C. The molecule has 2 aliphatic heterocycles. The minimum absolute atomic E-state index is 0.0448. The lowest BCUT2D eigenvalue weighted by Crippen LogP contribution is -2.59. The van der Waals surface area contributed by atoms with Gasteiger partial charge in [-0.3, -0.25) is 9.59 Å². The van der Waals surface area contributed by atoms with Gasteiger partial charge in [-0.05, 0) is 38.4 Å². The molecule has 0 spiro atoms. The highest BCUT2D eigenvalue weighted by molar-refractivity contribution is 5.84. The molecule has 5 heteroatoms. The second-order valence-corrected chi connectivity index (χ2v) is 7.34. The molecule has 136 valence electrons. The van der Waals surface area contributed by atoms with E-state index in [1.54, 1.807) is 0 Å². The Hall–Kier alpha value is -1.88. The summed E-state index contributed by atoms with van der Waals surface area (Å²) in [6.45, 7) is 3.41. The number of amides is 2. The lowest BCUT2D eigenvalue weighted by Gasteiger charge is -2.48. The van der Waals surface area contributed by atoms with Crippen molar-refractivity contribution in [2.75, 3.05) is 26.7 Å². The van der Waals surface area contributed by atoms with Crippen LogP contribution in [0.3, 0.4) is 0 Å². The van der Waals surface area contributed by atoms with Gasteiger partial charge in [-0.25, -0.2) is 0 Å². The van der Waals surface area contributed by atoms with E-state index in [4.69, 9.17) is 0 Å². The predicted molar refractivity (Wildman–Crippen MR) is 98.3 cm³/mol. The molecule has 25 heavy (non-hydrogen) atoms. The topological polar surface area (TPSA) is 52.7 Å². The van der Waals surface area contributed by atoms with E-state index in [1.165, 1.54) is 12.5 Å². The third kappa shape index (κ3) is 4.03. The molecule has 3 rings (SSSR count). The van der Waals surface area contributed by atoms with Crippen LogP contribution in [0.4, 0.5) is 0 Å². The van der Waals surface area contributed by atoms with Gasteiger partial charge in [-0.2, -0.15) is 0 Å². The zero-order valence-corrected chi connectivity index (χ0v) is 15.3. The Kier molecular flexibility index (Phi) is 5.74. The summed E-state index contributed by atoms with van der Waals surface area (Å²) in [5.74, 6) is 0.255. The number of carbonyl (C=O) groups excluding carboxylic acids is 2. The number of carbonyl (C=O) groups is 2. The van der Waals surface area contributed by atoms with E-state index in [-0.39, 0.29) is 24.4 Å². The van der Waals surface area contributed by atoms with Gasteiger partial charge in [0, 0.05) is 25.4 Å². The van der Waals surface area contributed by atoms with Gasteiger partial charge in [-0.15, -0.1) is 0 Å². The van der Waals surface area contributed by atoms with Crippen LogP contribution in [0.2, 0.25) is 0 Å². The van der Waals surface area contributed by atoms with Crippen molar-refractivity contribution in [1.29, 1.82) is 0 Å². The summed E-state index contributed by atoms with van der Waals surface area (Å²) in [7, 11) is 2.18. The summed E-state index contributed by atoms with van der Waals surface area (Å²) in [6, 6.07) is 11.2. The van der Waals surface area contributed by atoms with Crippen LogP contribution in [-0.4, -0.2) is 60.4 Å². The predicted octanol–water partition coefficient (Wildman–Crippen LogP) is 1.99. The van der Waals surface area contributed by atoms with Crippen molar-refractivity contribution in [1.82, 2.24) is 15.1 Å². The standard InChI is InChI=1S/C20H29N3O2/c1-15(24)21-14-19(25)23-12-7-6-10-18-20(23)17(11-13-22(18)2)16-8-4-3-5-9-16/h3-5,8-9,17-18,20H,6-7,10-14H2,1-2H3,(H,21,24)/t17-,18-,20-/m1/s1. The first-order valence-corrected chi connectivity index (χ1v) is 9.37. The molecule has 3 atom stereocenters. The first-order valence-electron chi connectivity index (χ1n) is 9.37. The summed E-state index contributed by atoms with van der Waals surface area (Å²) in [6.07, 6.45) is 4.38. The van der Waals surface area contributed by atoms with Crippen molar-refractivity contribution in [2.45, 2.75) is 50.6 Å². The molecule has 1 aromatic carbocycles. The second kappa shape index (κ2) is 8.00. The van der Waals surface area contributed by atoms with Crippen molar-refractivity contribution in [3.8, 4) is 0 Å². The number of benzene rings is 1. The molecule has 1 N–H and O–H groups in total. The zero-order valence-electron chi connectivity index (χ0n) is 15.3. The molecule has 2 amide bonds. The maximum atomic E-state index is 12.9. The Morgan fingerprint density at radius 2 is 1.88 bits per heavy atom. The molecular formula is C20H29N3O2. The fraction of sp³-hybridized carbons (Fsp3) is 0.600. The number of rotatable bonds is 3. The second-order valence-electron chi connectivity index (χ2n) is 7.34. The van der Waals surface area contributed by atoms with Crippen LogP contribution in [0.1, 0.15) is 44.1 Å². The number of likely N-dealkylation sites (N-methyl/N-ethyl adjacent to an activating group) is 1. The molecule has 2 heterocycles. The van der Waals surface area contributed by atoms with E-state index in [0.717, 1.165) is 38.8 Å². The van der Waals surface area contributed by atoms with Crippen molar-refractivity contribution in [2.24, 2.45) is 0 Å². The lowest BCUT2D eigenvalue weighted by molar-refractivity contribution is -0.137. The Bertz CT molecular complexity index is 604. The largest absolute Gasteiger partial charge is 0.347 e. The fourth-order valence-corrected chi connectivity index (χ4v) is 4.47. The number of fused-ring (bicyclic) bond motifs is 1. The van der Waals surface area contributed by atoms with Crippen LogP contribution >= 0.6 is 0 Å². The number of nitrogens with one attached hydrogen (secondary N) is 1. The average molecular weight is 343 g/mol. The summed E-state index contributed by atoms with van der Waals surface area (Å²) in [4.78, 5) is 28.6. The number of hydrogen-bond acceptors (Lipinski definition) is 3. The Labute approximate surface area is 150 Å². The summed E-state index contributed by atoms with van der Waals surface area (Å²) in [5, 5.41) is 2.68. The number of likely N-dealkylation sites (tertiary alicyclic amines) is 2. The van der Waals surface area contributed by atoms with Crippen LogP contribution in [0.25, 0.3) is 0 Å². The highest BCUT2D eigenvalue weighted by Gasteiger charge is 2.43. The van der Waals surface area contributed by atoms with Gasteiger partial charge in [0.25, 0.3) is 0 Å². The highest BCUT2D eigenvalue weighted by atomic mass is 16.2. The lowest BCUT2D eigenvalue weighted by atomic mass is 9.79. The van der Waals surface area contributed by atoms with E-state index in [1.807, 2.05) is 6.07 Å². The van der Waals surface area contributed by atoms with Crippen LogP contribution in [0, 0.1) is 0 Å². The normalized spacial score (nSPS) is 27.3. The number of hydrogen-bond donors (Lipinski definition) is 1. The molecule has 2 fully saturated rings. The molecule has 1 aromatic rings. The minimum atomic E-state index is -0.153. The fourth-order valence-electron chi connectivity index (χ4n) is 4.47. The van der Waals surface area contributed by atoms with Crippen molar-refractivity contribution in [3.05, 3.63) is 35.9 Å². The van der Waals surface area contributed by atoms with Crippen LogP contribution in [0.5, 0.6) is 0 Å². The van der Waals surface area contributed by atoms with Gasteiger partial charge in [0.15, 0.2) is 0 Å². The van der Waals surface area contributed by atoms with Crippen LogP contribution in [0.15, 0.2) is 30.3 Å². The highest BCUT2D eigenvalue weighted by Crippen LogP contribution is 2.38. The molecule has 5 nitrogen and oxygen atoms in total. The van der Waals surface area contributed by atoms with Crippen LogP contribution in [-0.2, 0) is 9.59 Å². The third-order valence-corrected chi connectivity index (χ3v) is 5.71. The van der Waals surface area contributed by atoms with Crippen molar-refractivity contribution in [3.63, 3.8) is 0 Å². The molecule has 0 bridgehead atoms. The van der Waals surface area contributed by atoms with E-state index >= 15 is 0 Å². The Morgan fingerprint density at radius 3 is 2.60 bits per heavy atom. The van der Waals surface area contributed by atoms with E-state index in [9.17, 15) is 9.59 Å². The van der Waals surface area contributed by atoms with Gasteiger partial charge in [0.05, 0.1) is 12.6 Å². The Morgan fingerprint density at radius 1 is 1.12 bits per heavy atom. The first-order chi connectivity index (χ1) is 12.1. The zero-order chi connectivity index (χ0) is 17.8. The van der Waals surface area contributed by atoms with E-state index < -0.39 is 0 Å². The first kappa shape index (κ1) is 17.9. The maximum Gasteiger partial charge on any atom is 0.242 e. The summed E-state index contributed by atoms with van der Waals surface area (Å²) in [5.41, 5.74) is 1.32. The molecule has 0 unspecified atom stereocenters. The molecule has 2 saturated heterocycles. The third-order valence-electron chi connectivity index (χ3n) is 5.71. The monoisotopic (exact) mass is 343 g/mol. The van der Waals surface area contributed by atoms with Gasteiger partial charge < -0.3 is 15.1 Å². The van der Waals surface area contributed by atoms with Gasteiger partial charge in [0.1, 0.15) is 0 Å². The Balaban J connectivity index is 1.89. The smallest absolute Gasteiger partial charge is 0.242 e. The quantitative estimate of drug-likeness (QED) is 0.913. The average Bonchev–Trinajstić information content (AvgIpc) is 2.84. The molecule has 0 aliphatic carbocycles. The summed E-state index contributed by atoms with van der Waals surface area (Å²) >= 11 is 0. The van der Waals surface area contributed by atoms with E-state index in [2.05, 4.69) is 46.4 Å². The summed E-state index contributed by atoms with van der Waals surface area (Å²) < 4.78 is 0. The molecule has 0 saturated carbocycles. The molecule has 0 radical (unpaired) electrons. The molecule has 0 aromatic heterocycles. The minimum Gasteiger partial charge on any atom is -0.347 e. The number of piperidine rings is 1. The number of nitrogens with zero attached hydrogens (tertiary/aromatic N) is 2.